The molecule has 15 heteroatoms. The van der Waals surface area contributed by atoms with Crippen molar-refractivity contribution >= 4 is 18.4 Å². The molecule has 0 spiro atoms. The number of hydrogen-bond donors (Lipinski definition) is 2. The van der Waals surface area contributed by atoms with Gasteiger partial charge in [0, 0.05) is 76.1 Å². The van der Waals surface area contributed by atoms with E-state index in [1.165, 1.54) is 0 Å². The fraction of sp³-hybridized carbons (Fsp3) is 0.382. The van der Waals surface area contributed by atoms with E-state index in [-0.39, 0.29) is 19.6 Å². The number of pyridine rings is 2. The lowest BCUT2D eigenvalue weighted by Crippen LogP contribution is -2.47. The van der Waals surface area contributed by atoms with Crippen molar-refractivity contribution in [3.63, 3.8) is 0 Å². The smallest absolute Gasteiger partial charge is 0.317 e. The summed E-state index contributed by atoms with van der Waals surface area (Å²) in [5.74, 6) is 1.09. The zero-order chi connectivity index (χ0) is 35.0. The summed E-state index contributed by atoms with van der Waals surface area (Å²) in [6, 6.07) is 16.2. The predicted molar refractivity (Wildman–Crippen MR) is 180 cm³/mol. The molecule has 2 aromatic heterocycles. The monoisotopic (exact) mass is 669 g/mol. The minimum atomic E-state index is -0.928. The molecule has 1 saturated heterocycles. The van der Waals surface area contributed by atoms with Crippen LogP contribution in [0.3, 0.4) is 0 Å². The molecule has 1 aromatic carbocycles. The van der Waals surface area contributed by atoms with E-state index in [1.54, 1.807) is 18.2 Å². The van der Waals surface area contributed by atoms with Gasteiger partial charge in [-0.1, -0.05) is 29.2 Å². The van der Waals surface area contributed by atoms with E-state index in [0.29, 0.717) is 94.8 Å². The number of nitrogens with zero attached hydrogens (tertiary/aromatic N) is 9. The fourth-order valence-electron chi connectivity index (χ4n) is 5.56. The number of hydrogen-bond acceptors (Lipinski definition) is 11. The molecule has 0 bridgehead atoms. The summed E-state index contributed by atoms with van der Waals surface area (Å²) in [7, 11) is 0. The second-order valence-electron chi connectivity index (χ2n) is 11.5. The maximum Gasteiger partial charge on any atom is 0.317 e. The van der Waals surface area contributed by atoms with Gasteiger partial charge in [-0.05, 0) is 53.1 Å². The van der Waals surface area contributed by atoms with Crippen LogP contribution in [-0.2, 0) is 34.0 Å². The minimum Gasteiger partial charge on any atom is -0.480 e. The van der Waals surface area contributed by atoms with Crippen molar-refractivity contribution in [3.05, 3.63) is 87.8 Å². The largest absolute Gasteiger partial charge is 0.480 e. The normalized spacial score (nSPS) is 15.6. The first-order chi connectivity index (χ1) is 23.7. The number of azide groups is 1. The van der Waals surface area contributed by atoms with Crippen LogP contribution < -0.4 is 4.74 Å². The van der Waals surface area contributed by atoms with E-state index < -0.39 is 11.9 Å². The maximum atomic E-state index is 11.8. The molecule has 1 aliphatic rings. The fourth-order valence-corrected chi connectivity index (χ4v) is 5.56. The molecule has 0 unspecified atom stereocenters. The number of carbonyl (C=O) groups is 3. The van der Waals surface area contributed by atoms with Gasteiger partial charge in [0.15, 0.2) is 0 Å². The SMILES string of the molecule is C#Cc1cccc(CN2CCN(CC(=O)O)CCN(Cc3cc(-c4ccc(OC=O)cc4)cc(CN=[N+]=[N-])n3)CCN(CC(=O)O)CC2)n1. The number of carboxylic acid groups (broad SMARTS) is 2. The highest BCUT2D eigenvalue weighted by Gasteiger charge is 2.20. The highest BCUT2D eigenvalue weighted by Crippen LogP contribution is 2.25. The molecule has 1 fully saturated rings. The molecule has 3 aromatic rings. The third kappa shape index (κ3) is 12.3. The Hall–Kier alpha value is -5.36. The van der Waals surface area contributed by atoms with Gasteiger partial charge in [-0.25, -0.2) is 4.98 Å². The molecule has 49 heavy (non-hydrogen) atoms. The van der Waals surface area contributed by atoms with Crippen molar-refractivity contribution in [2.24, 2.45) is 5.11 Å². The van der Waals surface area contributed by atoms with Gasteiger partial charge in [0.1, 0.15) is 11.4 Å². The average molecular weight is 670 g/mol. The first-order valence-corrected chi connectivity index (χ1v) is 15.7. The molecular weight excluding hydrogens is 630 g/mol. The van der Waals surface area contributed by atoms with Crippen LogP contribution in [0.1, 0.15) is 22.8 Å². The molecule has 0 saturated carbocycles. The average Bonchev–Trinajstić information content (AvgIpc) is 3.08. The second kappa shape index (κ2) is 18.8. The molecule has 0 amide bonds. The highest BCUT2D eigenvalue weighted by atomic mass is 16.5. The molecule has 1 aliphatic heterocycles. The molecule has 4 rings (SSSR count). The van der Waals surface area contributed by atoms with Crippen LogP contribution in [0.4, 0.5) is 0 Å². The van der Waals surface area contributed by atoms with Crippen LogP contribution in [0, 0.1) is 12.3 Å². The summed E-state index contributed by atoms with van der Waals surface area (Å²) in [6.45, 7) is 4.93. The third-order valence-electron chi connectivity index (χ3n) is 7.97. The number of aromatic nitrogens is 2. The van der Waals surface area contributed by atoms with Gasteiger partial charge in [-0.2, -0.15) is 0 Å². The van der Waals surface area contributed by atoms with Crippen molar-refractivity contribution in [3.8, 4) is 29.2 Å². The minimum absolute atomic E-state index is 0.0432. The van der Waals surface area contributed by atoms with Gasteiger partial charge in [-0.15, -0.1) is 6.42 Å². The molecule has 256 valence electrons. The number of ether oxygens (including phenoxy) is 1. The van der Waals surface area contributed by atoms with Crippen LogP contribution in [0.5, 0.6) is 5.75 Å². The van der Waals surface area contributed by atoms with Gasteiger partial charge in [0.25, 0.3) is 6.47 Å². The summed E-state index contributed by atoms with van der Waals surface area (Å²) in [6.07, 6.45) is 5.54. The van der Waals surface area contributed by atoms with Crippen LogP contribution >= 0.6 is 0 Å². The van der Waals surface area contributed by atoms with E-state index in [1.807, 2.05) is 46.2 Å². The quantitative estimate of drug-likeness (QED) is 0.0891. The van der Waals surface area contributed by atoms with E-state index in [2.05, 4.69) is 30.7 Å². The van der Waals surface area contributed by atoms with Gasteiger partial charge in [0.2, 0.25) is 0 Å². The van der Waals surface area contributed by atoms with E-state index in [0.717, 1.165) is 16.8 Å². The Morgan fingerprint density at radius 3 is 1.90 bits per heavy atom. The molecular formula is C34H39N9O6. The summed E-state index contributed by atoms with van der Waals surface area (Å²) in [4.78, 5) is 54.6. The molecule has 3 heterocycles. The molecule has 0 radical (unpaired) electrons. The van der Waals surface area contributed by atoms with Crippen molar-refractivity contribution < 1.29 is 29.3 Å². The maximum absolute atomic E-state index is 11.8. The van der Waals surface area contributed by atoms with Crippen LogP contribution in [0.15, 0.2) is 59.7 Å². The number of carbonyl (C=O) groups excluding carboxylic acids is 1. The number of carboxylic acids is 2. The lowest BCUT2D eigenvalue weighted by molar-refractivity contribution is -0.139. The van der Waals surface area contributed by atoms with Crippen LogP contribution in [-0.4, -0.2) is 124 Å². The molecule has 2 N–H and O–H groups in total. The summed E-state index contributed by atoms with van der Waals surface area (Å²) < 4.78 is 4.91. The van der Waals surface area contributed by atoms with Gasteiger partial charge < -0.3 is 14.9 Å². The van der Waals surface area contributed by atoms with Crippen LogP contribution in [0.2, 0.25) is 0 Å². The lowest BCUT2D eigenvalue weighted by atomic mass is 10.0. The second-order valence-corrected chi connectivity index (χ2v) is 11.5. The Bertz CT molecular complexity index is 1640. The van der Waals surface area contributed by atoms with Gasteiger partial charge >= 0.3 is 11.9 Å². The first-order valence-electron chi connectivity index (χ1n) is 15.7. The zero-order valence-corrected chi connectivity index (χ0v) is 27.1. The number of benzene rings is 1. The first kappa shape index (κ1) is 36.5. The van der Waals surface area contributed by atoms with Crippen molar-refractivity contribution in [1.82, 2.24) is 29.6 Å². The van der Waals surface area contributed by atoms with Gasteiger partial charge in [0.05, 0.1) is 31.0 Å². The summed E-state index contributed by atoms with van der Waals surface area (Å²) >= 11 is 0. The Morgan fingerprint density at radius 2 is 1.37 bits per heavy atom. The standard InChI is InChI=1S/C34H39N9O6/c1-2-28-4-3-5-29(37-28)21-40-10-14-42(23-33(45)46)16-12-41(13-17-43(15-11-40)24-34(47)48)22-31-19-27(18-30(38-31)20-36-39-35)26-6-8-32(9-7-26)49-25-44/h1,3-9,18-19,25H,10-17,20-24H2,(H,45,46)(H,47,48). The molecule has 0 atom stereocenters. The highest BCUT2D eigenvalue weighted by molar-refractivity contribution is 5.69. The van der Waals surface area contributed by atoms with Gasteiger partial charge in [-0.3, -0.25) is 39.0 Å². The topological polar surface area (TPSA) is 188 Å². The van der Waals surface area contributed by atoms with Crippen molar-refractivity contribution in [1.29, 1.82) is 0 Å². The number of aliphatic carboxylic acids is 2. The Balaban J connectivity index is 1.58. The Kier molecular flexibility index (Phi) is 14.0. The van der Waals surface area contributed by atoms with Crippen molar-refractivity contribution in [2.75, 3.05) is 65.4 Å². The summed E-state index contributed by atoms with van der Waals surface area (Å²) in [5.41, 5.74) is 13.2. The Morgan fingerprint density at radius 1 is 0.816 bits per heavy atom. The molecule has 0 aliphatic carbocycles. The lowest BCUT2D eigenvalue weighted by Gasteiger charge is -2.33. The summed E-state index contributed by atoms with van der Waals surface area (Å²) in [5, 5.41) is 23.1. The van der Waals surface area contributed by atoms with E-state index >= 15 is 0 Å². The molecule has 15 nitrogen and oxygen atoms in total. The van der Waals surface area contributed by atoms with Crippen LogP contribution in [0.25, 0.3) is 21.6 Å². The Labute approximate surface area is 284 Å². The van der Waals surface area contributed by atoms with E-state index in [4.69, 9.17) is 21.7 Å². The third-order valence-corrected chi connectivity index (χ3v) is 7.97. The number of terminal acetylenes is 1. The zero-order valence-electron chi connectivity index (χ0n) is 27.1. The predicted octanol–water partition coefficient (Wildman–Crippen LogP) is 2.56. The van der Waals surface area contributed by atoms with E-state index in [9.17, 15) is 24.6 Å². The number of rotatable bonds is 13. The van der Waals surface area contributed by atoms with Crippen molar-refractivity contribution in [2.45, 2.75) is 19.6 Å².